The molecule has 2 unspecified atom stereocenters. The summed E-state index contributed by atoms with van der Waals surface area (Å²) in [6.07, 6.45) is 19.8. The van der Waals surface area contributed by atoms with E-state index in [9.17, 15) is 0 Å². The van der Waals surface area contributed by atoms with Gasteiger partial charge in [0.2, 0.25) is 0 Å². The standard InChI is InChI=1S/C29H32N4/c1-4-21(24-14-25-16-30-17-26(25)15-24)13-23-9-6-8-22(12-11-19(23)2)27-18-31-33-29(27)28-10-5-7-20(3)32-28/h4-13,18,24-26,30H,2,14-17H2,1,3H3,(H,31,33)/b9-6+,12-11-,21-4+,22-8-,23-13-. The van der Waals surface area contributed by atoms with Gasteiger partial charge in [0.1, 0.15) is 0 Å². The summed E-state index contributed by atoms with van der Waals surface area (Å²) in [6.45, 7) is 10.9. The molecule has 1 aliphatic heterocycles. The summed E-state index contributed by atoms with van der Waals surface area (Å²) >= 11 is 0. The fraction of sp³-hybridized carbons (Fsp3) is 0.310. The molecule has 4 nitrogen and oxygen atoms in total. The molecule has 0 bridgehead atoms. The molecule has 2 aromatic rings. The summed E-state index contributed by atoms with van der Waals surface area (Å²) in [5.41, 5.74) is 8.59. The number of H-pyrrole nitrogens is 1. The van der Waals surface area contributed by atoms with Crippen LogP contribution in [0.4, 0.5) is 0 Å². The van der Waals surface area contributed by atoms with Crippen LogP contribution in [0.3, 0.4) is 0 Å². The largest absolute Gasteiger partial charge is 0.316 e. The predicted octanol–water partition coefficient (Wildman–Crippen LogP) is 5.96. The van der Waals surface area contributed by atoms with Gasteiger partial charge in [-0.1, -0.05) is 55.2 Å². The fourth-order valence-corrected chi connectivity index (χ4v) is 5.46. The Morgan fingerprint density at radius 3 is 2.70 bits per heavy atom. The first kappa shape index (κ1) is 21.6. The lowest BCUT2D eigenvalue weighted by Gasteiger charge is -2.15. The molecular formula is C29H32N4. The maximum absolute atomic E-state index is 4.66. The van der Waals surface area contributed by atoms with Gasteiger partial charge in [0, 0.05) is 11.3 Å². The number of rotatable bonds is 4. The van der Waals surface area contributed by atoms with Crippen molar-refractivity contribution in [3.8, 4) is 11.4 Å². The maximum Gasteiger partial charge on any atom is 0.0912 e. The molecule has 2 fully saturated rings. The zero-order valence-corrected chi connectivity index (χ0v) is 19.5. The number of nitrogens with one attached hydrogen (secondary N) is 2. The van der Waals surface area contributed by atoms with E-state index in [1.165, 1.54) is 37.1 Å². The Balaban J connectivity index is 1.40. The van der Waals surface area contributed by atoms with E-state index in [0.717, 1.165) is 45.6 Å². The van der Waals surface area contributed by atoms with Gasteiger partial charge in [0.05, 0.1) is 17.6 Å². The van der Waals surface area contributed by atoms with E-state index in [2.05, 4.69) is 76.5 Å². The third kappa shape index (κ3) is 4.49. The summed E-state index contributed by atoms with van der Waals surface area (Å²) in [5.74, 6) is 2.35. The van der Waals surface area contributed by atoms with Gasteiger partial charge in [-0.05, 0) is 92.0 Å². The summed E-state index contributed by atoms with van der Waals surface area (Å²) < 4.78 is 0. The molecule has 0 aromatic carbocycles. The highest BCUT2D eigenvalue weighted by atomic mass is 15.1. The van der Waals surface area contributed by atoms with Crippen LogP contribution in [-0.2, 0) is 0 Å². The Morgan fingerprint density at radius 2 is 1.94 bits per heavy atom. The quantitative estimate of drug-likeness (QED) is 0.621. The van der Waals surface area contributed by atoms with Crippen molar-refractivity contribution in [1.29, 1.82) is 0 Å². The SMILES string of the molecule is C=C1\C=C/C(c2cn[nH]c2-c2cccc(C)n2)=C/C=C/C1=C/C(=C\C)C1CC2CNCC2C1. The molecule has 3 aliphatic rings. The summed E-state index contributed by atoms with van der Waals surface area (Å²) in [4.78, 5) is 4.66. The van der Waals surface area contributed by atoms with Crippen LogP contribution in [0.25, 0.3) is 17.0 Å². The van der Waals surface area contributed by atoms with E-state index < -0.39 is 0 Å². The zero-order valence-electron chi connectivity index (χ0n) is 19.5. The van der Waals surface area contributed by atoms with E-state index in [1.807, 2.05) is 31.3 Å². The van der Waals surface area contributed by atoms with Crippen LogP contribution in [0, 0.1) is 24.7 Å². The van der Waals surface area contributed by atoms with Crippen molar-refractivity contribution in [2.24, 2.45) is 17.8 Å². The Labute approximate surface area is 196 Å². The van der Waals surface area contributed by atoms with Gasteiger partial charge < -0.3 is 5.32 Å². The van der Waals surface area contributed by atoms with Crippen LogP contribution in [0.5, 0.6) is 0 Å². The van der Waals surface area contributed by atoms with Crippen LogP contribution in [-0.4, -0.2) is 28.3 Å². The predicted molar refractivity (Wildman–Crippen MR) is 136 cm³/mol. The third-order valence-electron chi connectivity index (χ3n) is 7.26. The summed E-state index contributed by atoms with van der Waals surface area (Å²) in [7, 11) is 0. The Kier molecular flexibility index (Phi) is 6.10. The highest BCUT2D eigenvalue weighted by Gasteiger charge is 2.38. The number of hydrogen-bond acceptors (Lipinski definition) is 3. The molecule has 2 N–H and O–H groups in total. The summed E-state index contributed by atoms with van der Waals surface area (Å²) in [6, 6.07) is 6.04. The van der Waals surface area contributed by atoms with E-state index in [4.69, 9.17) is 0 Å². The molecule has 3 heterocycles. The average Bonchev–Trinajstić information content (AvgIpc) is 3.53. The lowest BCUT2D eigenvalue weighted by Crippen LogP contribution is -2.12. The molecule has 5 rings (SSSR count). The Morgan fingerprint density at radius 1 is 1.12 bits per heavy atom. The summed E-state index contributed by atoms with van der Waals surface area (Å²) in [5, 5.41) is 11.0. The second kappa shape index (κ2) is 9.32. The van der Waals surface area contributed by atoms with Gasteiger partial charge in [-0.3, -0.25) is 10.1 Å². The van der Waals surface area contributed by atoms with Gasteiger partial charge in [-0.25, -0.2) is 0 Å². The van der Waals surface area contributed by atoms with Crippen molar-refractivity contribution in [1.82, 2.24) is 20.5 Å². The van der Waals surface area contributed by atoms with Crippen LogP contribution in [0.1, 0.15) is 31.0 Å². The highest BCUT2D eigenvalue weighted by molar-refractivity contribution is 5.84. The van der Waals surface area contributed by atoms with Gasteiger partial charge in [-0.15, -0.1) is 0 Å². The lowest BCUT2D eigenvalue weighted by atomic mass is 9.91. The van der Waals surface area contributed by atoms with Crippen molar-refractivity contribution >= 4 is 5.57 Å². The maximum atomic E-state index is 4.66. The number of allylic oxidation sites excluding steroid dienone is 11. The van der Waals surface area contributed by atoms with Gasteiger partial charge in [0.15, 0.2) is 0 Å². The molecule has 4 heteroatoms. The van der Waals surface area contributed by atoms with Crippen molar-refractivity contribution in [2.45, 2.75) is 26.7 Å². The van der Waals surface area contributed by atoms with E-state index in [1.54, 1.807) is 0 Å². The van der Waals surface area contributed by atoms with Gasteiger partial charge >= 0.3 is 0 Å². The first-order chi connectivity index (χ1) is 16.1. The highest BCUT2D eigenvalue weighted by Crippen LogP contribution is 2.42. The molecule has 1 saturated heterocycles. The molecule has 168 valence electrons. The van der Waals surface area contributed by atoms with E-state index >= 15 is 0 Å². The van der Waals surface area contributed by atoms with Crippen molar-refractivity contribution in [3.05, 3.63) is 101 Å². The van der Waals surface area contributed by atoms with E-state index in [0.29, 0.717) is 5.92 Å². The van der Waals surface area contributed by atoms with Crippen molar-refractivity contribution < 1.29 is 0 Å². The number of aromatic amines is 1. The molecule has 2 aliphatic carbocycles. The monoisotopic (exact) mass is 436 g/mol. The molecular weight excluding hydrogens is 404 g/mol. The van der Waals surface area contributed by atoms with Gasteiger partial charge in [0.25, 0.3) is 0 Å². The number of aryl methyl sites for hydroxylation is 1. The Bertz CT molecular complexity index is 1190. The average molecular weight is 437 g/mol. The number of pyridine rings is 1. The molecule has 1 saturated carbocycles. The zero-order chi connectivity index (χ0) is 22.8. The normalized spacial score (nSPS) is 29.9. The van der Waals surface area contributed by atoms with Crippen LogP contribution in [0.15, 0.2) is 90.2 Å². The first-order valence-electron chi connectivity index (χ1n) is 11.9. The molecule has 0 spiro atoms. The third-order valence-corrected chi connectivity index (χ3v) is 7.26. The molecule has 2 atom stereocenters. The van der Waals surface area contributed by atoms with Crippen molar-refractivity contribution in [2.75, 3.05) is 13.1 Å². The fourth-order valence-electron chi connectivity index (χ4n) is 5.46. The molecule has 0 radical (unpaired) electrons. The van der Waals surface area contributed by atoms with Crippen LogP contribution in [0.2, 0.25) is 0 Å². The second-order valence-corrected chi connectivity index (χ2v) is 9.40. The first-order valence-corrected chi connectivity index (χ1v) is 11.9. The van der Waals surface area contributed by atoms with Gasteiger partial charge in [-0.2, -0.15) is 5.10 Å². The number of aromatic nitrogens is 3. The minimum Gasteiger partial charge on any atom is -0.316 e. The topological polar surface area (TPSA) is 53.6 Å². The van der Waals surface area contributed by atoms with Crippen LogP contribution >= 0.6 is 0 Å². The molecule has 0 amide bonds. The van der Waals surface area contributed by atoms with Crippen LogP contribution < -0.4 is 5.32 Å². The smallest absolute Gasteiger partial charge is 0.0912 e. The van der Waals surface area contributed by atoms with E-state index in [-0.39, 0.29) is 0 Å². The number of hydrogen-bond donors (Lipinski definition) is 2. The Hall–Kier alpha value is -3.24. The minimum atomic E-state index is 0.664. The number of fused-ring (bicyclic) bond motifs is 1. The number of nitrogens with zero attached hydrogens (tertiary/aromatic N) is 2. The minimum absolute atomic E-state index is 0.664. The lowest BCUT2D eigenvalue weighted by molar-refractivity contribution is 0.494. The molecule has 2 aromatic heterocycles. The van der Waals surface area contributed by atoms with Crippen molar-refractivity contribution in [3.63, 3.8) is 0 Å². The molecule has 33 heavy (non-hydrogen) atoms. The second-order valence-electron chi connectivity index (χ2n) is 9.40.